The zero-order chi connectivity index (χ0) is 23.5. The molecule has 5 heteroatoms. The first kappa shape index (κ1) is 23.6. The van der Waals surface area contributed by atoms with Crippen LogP contribution in [0.4, 0.5) is 0 Å². The molecule has 5 nitrogen and oxygen atoms in total. The van der Waals surface area contributed by atoms with E-state index in [9.17, 15) is 14.7 Å². The standard InChI is InChI=1S/C27H33NO4/c1-17(2)19-12-10-18(11-13-19)16-32-23-21-9-7-6-8-20(21)14-15-22(23)25(29)28-24(26(30)31)27(3,4)5/h6-10,14-15,19,24H,1,11-13,16H2,2-5H3,(H,28,29)(H,30,31). The number of benzene rings is 2. The molecule has 0 heterocycles. The van der Waals surface area contributed by atoms with E-state index in [2.05, 4.69) is 24.9 Å². The Labute approximate surface area is 190 Å². The van der Waals surface area contributed by atoms with E-state index >= 15 is 0 Å². The number of carboxylic acid groups (broad SMARTS) is 1. The van der Waals surface area contributed by atoms with Gasteiger partial charge >= 0.3 is 5.97 Å². The lowest BCUT2D eigenvalue weighted by Crippen LogP contribution is -2.49. The maximum atomic E-state index is 13.2. The zero-order valence-electron chi connectivity index (χ0n) is 19.4. The number of ether oxygens (including phenoxy) is 1. The smallest absolute Gasteiger partial charge is 0.326 e. The average Bonchev–Trinajstić information content (AvgIpc) is 2.74. The van der Waals surface area contributed by atoms with Crippen molar-refractivity contribution in [3.63, 3.8) is 0 Å². The third-order valence-corrected chi connectivity index (χ3v) is 6.12. The number of rotatable bonds is 7. The number of hydrogen-bond acceptors (Lipinski definition) is 3. The number of fused-ring (bicyclic) bond motifs is 1. The van der Waals surface area contributed by atoms with Gasteiger partial charge in [0.25, 0.3) is 5.91 Å². The van der Waals surface area contributed by atoms with Crippen LogP contribution in [0.3, 0.4) is 0 Å². The first-order chi connectivity index (χ1) is 15.1. The molecule has 1 aliphatic rings. The number of hydrogen-bond donors (Lipinski definition) is 2. The summed E-state index contributed by atoms with van der Waals surface area (Å²) in [5.74, 6) is -0.508. The number of allylic oxidation sites excluding steroid dienone is 2. The first-order valence-electron chi connectivity index (χ1n) is 11.1. The molecule has 2 aromatic carbocycles. The third kappa shape index (κ3) is 5.39. The molecule has 0 aromatic heterocycles. The van der Waals surface area contributed by atoms with Gasteiger partial charge in [-0.2, -0.15) is 0 Å². The maximum Gasteiger partial charge on any atom is 0.326 e. The topological polar surface area (TPSA) is 75.6 Å². The summed E-state index contributed by atoms with van der Waals surface area (Å²) in [6.45, 7) is 11.9. The largest absolute Gasteiger partial charge is 0.488 e. The van der Waals surface area contributed by atoms with Gasteiger partial charge in [-0.1, -0.05) is 69.3 Å². The Balaban J connectivity index is 1.89. The molecule has 1 amide bonds. The van der Waals surface area contributed by atoms with Gasteiger partial charge in [-0.25, -0.2) is 4.79 Å². The van der Waals surface area contributed by atoms with Gasteiger partial charge in [0.15, 0.2) is 0 Å². The van der Waals surface area contributed by atoms with Gasteiger partial charge in [0.2, 0.25) is 0 Å². The van der Waals surface area contributed by atoms with Gasteiger partial charge in [-0.05, 0) is 54.5 Å². The van der Waals surface area contributed by atoms with Crippen LogP contribution < -0.4 is 10.1 Å². The summed E-state index contributed by atoms with van der Waals surface area (Å²) in [5, 5.41) is 14.1. The lowest BCUT2D eigenvalue weighted by Gasteiger charge is -2.28. The first-order valence-corrected chi connectivity index (χ1v) is 11.1. The Kier molecular flexibility index (Phi) is 7.07. The van der Waals surface area contributed by atoms with Gasteiger partial charge in [0.1, 0.15) is 18.4 Å². The van der Waals surface area contributed by atoms with Gasteiger partial charge in [-0.15, -0.1) is 0 Å². The minimum atomic E-state index is -1.06. The molecule has 3 rings (SSSR count). The molecule has 1 aliphatic carbocycles. The SMILES string of the molecule is C=C(C)C1CC=C(COc2c(C(=O)NC(C(=O)O)C(C)(C)C)ccc3ccccc23)CC1. The number of amides is 1. The van der Waals surface area contributed by atoms with E-state index in [1.165, 1.54) is 11.1 Å². The van der Waals surface area contributed by atoms with Crippen molar-refractivity contribution in [2.24, 2.45) is 11.3 Å². The van der Waals surface area contributed by atoms with Crippen LogP contribution >= 0.6 is 0 Å². The number of nitrogens with one attached hydrogen (secondary N) is 1. The summed E-state index contributed by atoms with van der Waals surface area (Å²) >= 11 is 0. The number of carbonyl (C=O) groups is 2. The van der Waals surface area contributed by atoms with Crippen LogP contribution in [-0.4, -0.2) is 29.6 Å². The average molecular weight is 436 g/mol. The minimum absolute atomic E-state index is 0.343. The molecule has 0 aliphatic heterocycles. The van der Waals surface area contributed by atoms with Crippen LogP contribution in [0.1, 0.15) is 57.3 Å². The summed E-state index contributed by atoms with van der Waals surface area (Å²) in [5.41, 5.74) is 2.13. The van der Waals surface area contributed by atoms with Crippen molar-refractivity contribution in [3.05, 3.63) is 65.8 Å². The van der Waals surface area contributed by atoms with E-state index in [-0.39, 0.29) is 0 Å². The van der Waals surface area contributed by atoms with Gasteiger partial charge < -0.3 is 15.2 Å². The highest BCUT2D eigenvalue weighted by Crippen LogP contribution is 2.33. The van der Waals surface area contributed by atoms with Gasteiger partial charge in [-0.3, -0.25) is 4.79 Å². The summed E-state index contributed by atoms with van der Waals surface area (Å²) < 4.78 is 6.24. The molecule has 0 bridgehead atoms. The Hall–Kier alpha value is -3.08. The lowest BCUT2D eigenvalue weighted by atomic mass is 9.86. The quantitative estimate of drug-likeness (QED) is 0.543. The summed E-state index contributed by atoms with van der Waals surface area (Å²) in [6, 6.07) is 10.3. The fraction of sp³-hybridized carbons (Fsp3) is 0.407. The van der Waals surface area contributed by atoms with Gasteiger partial charge in [0, 0.05) is 5.39 Å². The van der Waals surface area contributed by atoms with Crippen molar-refractivity contribution in [3.8, 4) is 5.75 Å². The minimum Gasteiger partial charge on any atom is -0.488 e. The maximum absolute atomic E-state index is 13.2. The van der Waals surface area contributed by atoms with Crippen molar-refractivity contribution in [2.75, 3.05) is 6.61 Å². The Morgan fingerprint density at radius 1 is 1.22 bits per heavy atom. The summed E-state index contributed by atoms with van der Waals surface area (Å²) in [7, 11) is 0. The molecule has 0 spiro atoms. The molecule has 2 N–H and O–H groups in total. The number of carbonyl (C=O) groups excluding carboxylic acids is 1. The second-order valence-electron chi connectivity index (χ2n) is 9.74. The van der Waals surface area contributed by atoms with Crippen molar-refractivity contribution >= 4 is 22.6 Å². The fourth-order valence-corrected chi connectivity index (χ4v) is 4.07. The summed E-state index contributed by atoms with van der Waals surface area (Å²) in [4.78, 5) is 24.9. The molecule has 0 saturated heterocycles. The van der Waals surface area contributed by atoms with Crippen LogP contribution in [0.25, 0.3) is 10.8 Å². The molecule has 0 saturated carbocycles. The molecular weight excluding hydrogens is 402 g/mol. The Morgan fingerprint density at radius 2 is 1.94 bits per heavy atom. The molecule has 32 heavy (non-hydrogen) atoms. The van der Waals surface area contributed by atoms with Crippen molar-refractivity contribution in [1.29, 1.82) is 0 Å². The van der Waals surface area contributed by atoms with Crippen molar-refractivity contribution in [1.82, 2.24) is 5.32 Å². The monoisotopic (exact) mass is 435 g/mol. The normalized spacial score (nSPS) is 17.4. The predicted octanol–water partition coefficient (Wildman–Crippen LogP) is 5.75. The van der Waals surface area contributed by atoms with Crippen molar-refractivity contribution in [2.45, 2.75) is 53.0 Å². The van der Waals surface area contributed by atoms with E-state index in [1.807, 2.05) is 30.3 Å². The van der Waals surface area contributed by atoms with E-state index in [0.29, 0.717) is 23.8 Å². The van der Waals surface area contributed by atoms with Gasteiger partial charge in [0.05, 0.1) is 5.56 Å². The van der Waals surface area contributed by atoms with Crippen LogP contribution in [0.5, 0.6) is 5.75 Å². The third-order valence-electron chi connectivity index (χ3n) is 6.12. The number of carboxylic acids is 1. The molecule has 2 aromatic rings. The fourth-order valence-electron chi connectivity index (χ4n) is 4.07. The Bertz CT molecular complexity index is 1060. The predicted molar refractivity (Wildman–Crippen MR) is 128 cm³/mol. The number of aliphatic carboxylic acids is 1. The zero-order valence-corrected chi connectivity index (χ0v) is 19.4. The second kappa shape index (κ2) is 9.60. The van der Waals surface area contributed by atoms with Crippen LogP contribution in [0, 0.1) is 11.3 Å². The summed E-state index contributed by atoms with van der Waals surface area (Å²) in [6.07, 6.45) is 5.17. The van der Waals surface area contributed by atoms with Crippen molar-refractivity contribution < 1.29 is 19.4 Å². The highest BCUT2D eigenvalue weighted by Gasteiger charge is 2.33. The van der Waals surface area contributed by atoms with E-state index in [0.717, 1.165) is 30.0 Å². The molecule has 170 valence electrons. The lowest BCUT2D eigenvalue weighted by molar-refractivity contribution is -0.142. The van der Waals surface area contributed by atoms with Crippen LogP contribution in [0.2, 0.25) is 0 Å². The van der Waals surface area contributed by atoms with Crippen LogP contribution in [-0.2, 0) is 4.79 Å². The molecule has 0 radical (unpaired) electrons. The van der Waals surface area contributed by atoms with E-state index in [1.54, 1.807) is 26.8 Å². The molecule has 2 unspecified atom stereocenters. The molecule has 0 fully saturated rings. The molecular formula is C27H33NO4. The molecule has 2 atom stereocenters. The van der Waals surface area contributed by atoms with E-state index < -0.39 is 23.3 Å². The van der Waals surface area contributed by atoms with E-state index in [4.69, 9.17) is 4.74 Å². The van der Waals surface area contributed by atoms with Crippen LogP contribution in [0.15, 0.2) is 60.2 Å². The second-order valence-corrected chi connectivity index (χ2v) is 9.74. The highest BCUT2D eigenvalue weighted by molar-refractivity contribution is 6.05. The Morgan fingerprint density at radius 3 is 2.53 bits per heavy atom. The highest BCUT2D eigenvalue weighted by atomic mass is 16.5.